The maximum Gasteiger partial charge on any atom is 0.269 e. The van der Waals surface area contributed by atoms with Crippen molar-refractivity contribution in [2.45, 2.75) is 26.3 Å². The van der Waals surface area contributed by atoms with Gasteiger partial charge in [-0.05, 0) is 49.2 Å². The van der Waals surface area contributed by atoms with Gasteiger partial charge >= 0.3 is 0 Å². The number of ketones is 1. The number of nitrogens with zero attached hydrogens (tertiary/aromatic N) is 2. The van der Waals surface area contributed by atoms with Crippen LogP contribution in [0, 0.1) is 10.1 Å². The molecule has 0 amide bonds. The predicted octanol–water partition coefficient (Wildman–Crippen LogP) is 5.54. The van der Waals surface area contributed by atoms with Crippen LogP contribution in [-0.2, 0) is 13.0 Å². The molecule has 0 aliphatic heterocycles. The van der Waals surface area contributed by atoms with Gasteiger partial charge in [0, 0.05) is 52.5 Å². The number of Topliss-reactive ketones (excluding diaryl/α,β-unsaturated/α-hetero) is 1. The number of rotatable bonds is 6. The van der Waals surface area contributed by atoms with Crippen LogP contribution in [-0.4, -0.2) is 15.3 Å². The van der Waals surface area contributed by atoms with E-state index in [4.69, 9.17) is 0 Å². The maximum absolute atomic E-state index is 12.5. The van der Waals surface area contributed by atoms with Crippen molar-refractivity contribution in [1.29, 1.82) is 0 Å². The van der Waals surface area contributed by atoms with Gasteiger partial charge in [0.15, 0.2) is 5.78 Å². The van der Waals surface area contributed by atoms with Gasteiger partial charge in [0.1, 0.15) is 0 Å². The summed E-state index contributed by atoms with van der Waals surface area (Å²) in [4.78, 5) is 22.7. The molecule has 28 heavy (non-hydrogen) atoms. The SMILES string of the molecule is CCn1c2ccccc2c2cc(CCC(=O)c3ccc([N+](=O)[O-])cc3)ccc21. The average Bonchev–Trinajstić information content (AvgIpc) is 3.05. The number of non-ortho nitro benzene ring substituents is 1. The first kappa shape index (κ1) is 17.9. The molecule has 0 spiro atoms. The number of nitro benzene ring substituents is 1. The van der Waals surface area contributed by atoms with Gasteiger partial charge in [0.2, 0.25) is 0 Å². The summed E-state index contributed by atoms with van der Waals surface area (Å²) in [7, 11) is 0. The van der Waals surface area contributed by atoms with E-state index >= 15 is 0 Å². The molecule has 5 heteroatoms. The minimum absolute atomic E-state index is 0.00526. The molecule has 0 N–H and O–H groups in total. The molecular weight excluding hydrogens is 352 g/mol. The lowest BCUT2D eigenvalue weighted by atomic mass is 10.0. The fourth-order valence-corrected chi connectivity index (χ4v) is 3.77. The highest BCUT2D eigenvalue weighted by Gasteiger charge is 2.12. The second-order valence-corrected chi connectivity index (χ2v) is 6.84. The monoisotopic (exact) mass is 372 g/mol. The number of aromatic nitrogens is 1. The number of benzene rings is 3. The van der Waals surface area contributed by atoms with Crippen molar-refractivity contribution >= 4 is 33.3 Å². The minimum atomic E-state index is -0.462. The largest absolute Gasteiger partial charge is 0.341 e. The van der Waals surface area contributed by atoms with Crippen LogP contribution in [0.25, 0.3) is 21.8 Å². The van der Waals surface area contributed by atoms with Crippen LogP contribution in [0.3, 0.4) is 0 Å². The van der Waals surface area contributed by atoms with Gasteiger partial charge in [-0.1, -0.05) is 24.3 Å². The van der Waals surface area contributed by atoms with Crippen LogP contribution >= 0.6 is 0 Å². The number of carbonyl (C=O) groups excluding carboxylic acids is 1. The zero-order chi connectivity index (χ0) is 19.7. The van der Waals surface area contributed by atoms with E-state index in [2.05, 4.69) is 47.9 Å². The van der Waals surface area contributed by atoms with E-state index in [9.17, 15) is 14.9 Å². The summed E-state index contributed by atoms with van der Waals surface area (Å²) < 4.78 is 2.30. The quantitative estimate of drug-likeness (QED) is 0.254. The molecule has 3 aromatic carbocycles. The van der Waals surface area contributed by atoms with E-state index in [1.807, 2.05) is 6.07 Å². The van der Waals surface area contributed by atoms with Crippen LogP contribution in [0.1, 0.15) is 29.3 Å². The Hall–Kier alpha value is -3.47. The summed E-state index contributed by atoms with van der Waals surface area (Å²) >= 11 is 0. The van der Waals surface area contributed by atoms with Gasteiger partial charge in [-0.2, -0.15) is 0 Å². The van der Waals surface area contributed by atoms with Crippen molar-refractivity contribution in [1.82, 2.24) is 4.57 Å². The zero-order valence-corrected chi connectivity index (χ0v) is 15.6. The standard InChI is InChI=1S/C23H20N2O3/c1-2-24-21-6-4-3-5-19(21)20-15-16(7-13-22(20)24)8-14-23(26)17-9-11-18(12-10-17)25(27)28/h3-7,9-13,15H,2,8,14H2,1H3. The van der Waals surface area contributed by atoms with Crippen molar-refractivity contribution in [2.24, 2.45) is 0 Å². The highest BCUT2D eigenvalue weighted by atomic mass is 16.6. The molecule has 0 bridgehead atoms. The van der Waals surface area contributed by atoms with Crippen LogP contribution in [0.2, 0.25) is 0 Å². The Balaban J connectivity index is 1.57. The molecule has 1 heterocycles. The average molecular weight is 372 g/mol. The summed E-state index contributed by atoms with van der Waals surface area (Å²) in [6.07, 6.45) is 1.01. The predicted molar refractivity (Wildman–Crippen MR) is 111 cm³/mol. The second kappa shape index (κ2) is 7.27. The van der Waals surface area contributed by atoms with Gasteiger partial charge in [-0.25, -0.2) is 0 Å². The molecule has 0 saturated carbocycles. The molecule has 0 aliphatic carbocycles. The number of hydrogen-bond acceptors (Lipinski definition) is 3. The van der Waals surface area contributed by atoms with E-state index in [0.717, 1.165) is 12.1 Å². The fraction of sp³-hybridized carbons (Fsp3) is 0.174. The van der Waals surface area contributed by atoms with Gasteiger partial charge in [0.05, 0.1) is 4.92 Å². The Bertz CT molecular complexity index is 1190. The molecule has 1 aromatic heterocycles. The molecule has 140 valence electrons. The molecule has 0 fully saturated rings. The summed E-state index contributed by atoms with van der Waals surface area (Å²) in [6, 6.07) is 20.6. The van der Waals surface area contributed by atoms with Crippen molar-refractivity contribution in [3.8, 4) is 0 Å². The third-order valence-electron chi connectivity index (χ3n) is 5.19. The molecule has 0 aliphatic rings. The van der Waals surface area contributed by atoms with Crippen LogP contribution in [0.15, 0.2) is 66.7 Å². The Labute approximate surface area is 162 Å². The molecule has 0 saturated heterocycles. The lowest BCUT2D eigenvalue weighted by Gasteiger charge is -2.05. The van der Waals surface area contributed by atoms with Crippen LogP contribution in [0.4, 0.5) is 5.69 Å². The number of nitro groups is 1. The third kappa shape index (κ3) is 3.16. The van der Waals surface area contributed by atoms with E-state index in [1.165, 1.54) is 46.1 Å². The smallest absolute Gasteiger partial charge is 0.269 e. The van der Waals surface area contributed by atoms with Gasteiger partial charge in [-0.15, -0.1) is 0 Å². The number of hydrogen-bond donors (Lipinski definition) is 0. The Morgan fingerprint density at radius 2 is 1.68 bits per heavy atom. The van der Waals surface area contributed by atoms with E-state index in [-0.39, 0.29) is 11.5 Å². The number of carbonyl (C=O) groups is 1. The Morgan fingerprint density at radius 3 is 2.39 bits per heavy atom. The number of fused-ring (bicyclic) bond motifs is 3. The molecule has 0 radical (unpaired) electrons. The first-order valence-electron chi connectivity index (χ1n) is 9.36. The van der Waals surface area contributed by atoms with E-state index in [0.29, 0.717) is 18.4 Å². The maximum atomic E-state index is 12.5. The Kier molecular flexibility index (Phi) is 4.65. The summed E-state index contributed by atoms with van der Waals surface area (Å²) in [6.45, 7) is 3.05. The first-order chi connectivity index (χ1) is 13.6. The van der Waals surface area contributed by atoms with Crippen molar-refractivity contribution in [3.63, 3.8) is 0 Å². The van der Waals surface area contributed by atoms with Crippen LogP contribution in [0.5, 0.6) is 0 Å². The molecular formula is C23H20N2O3. The summed E-state index contributed by atoms with van der Waals surface area (Å²) in [5.74, 6) is -0.00835. The number of aryl methyl sites for hydroxylation is 2. The Morgan fingerprint density at radius 1 is 0.964 bits per heavy atom. The third-order valence-corrected chi connectivity index (χ3v) is 5.19. The molecule has 0 atom stereocenters. The molecule has 4 rings (SSSR count). The lowest BCUT2D eigenvalue weighted by Crippen LogP contribution is -2.01. The minimum Gasteiger partial charge on any atom is -0.341 e. The molecule has 4 aromatic rings. The molecule has 5 nitrogen and oxygen atoms in total. The topological polar surface area (TPSA) is 65.1 Å². The van der Waals surface area contributed by atoms with Gasteiger partial charge in [0.25, 0.3) is 5.69 Å². The van der Waals surface area contributed by atoms with Gasteiger partial charge in [-0.3, -0.25) is 14.9 Å². The molecule has 0 unspecified atom stereocenters. The summed E-state index contributed by atoms with van der Waals surface area (Å²) in [5.41, 5.74) is 4.04. The van der Waals surface area contributed by atoms with Crippen molar-refractivity contribution in [3.05, 3.63) is 88.0 Å². The van der Waals surface area contributed by atoms with Crippen molar-refractivity contribution in [2.75, 3.05) is 0 Å². The second-order valence-electron chi connectivity index (χ2n) is 6.84. The van der Waals surface area contributed by atoms with Crippen LogP contribution < -0.4 is 0 Å². The highest BCUT2D eigenvalue weighted by Crippen LogP contribution is 2.30. The van der Waals surface area contributed by atoms with E-state index < -0.39 is 4.92 Å². The number of para-hydroxylation sites is 1. The highest BCUT2D eigenvalue weighted by molar-refractivity contribution is 6.08. The van der Waals surface area contributed by atoms with E-state index in [1.54, 1.807) is 0 Å². The first-order valence-corrected chi connectivity index (χ1v) is 9.36. The van der Waals surface area contributed by atoms with Crippen molar-refractivity contribution < 1.29 is 9.72 Å². The normalized spacial score (nSPS) is 11.2. The summed E-state index contributed by atoms with van der Waals surface area (Å²) in [5, 5.41) is 13.2. The fourth-order valence-electron chi connectivity index (χ4n) is 3.77. The lowest BCUT2D eigenvalue weighted by molar-refractivity contribution is -0.384. The van der Waals surface area contributed by atoms with Gasteiger partial charge < -0.3 is 4.57 Å². The zero-order valence-electron chi connectivity index (χ0n) is 15.6.